The molecule has 1 aromatic carbocycles. The van der Waals surface area contributed by atoms with Gasteiger partial charge in [-0.15, -0.1) is 0 Å². The highest BCUT2D eigenvalue weighted by atomic mass is 19.1. The molecule has 4 aromatic rings. The second-order valence-electron chi connectivity index (χ2n) is 9.14. The minimum atomic E-state index is -0.454. The van der Waals surface area contributed by atoms with Gasteiger partial charge in [-0.25, -0.2) is 19.3 Å². The van der Waals surface area contributed by atoms with Crippen LogP contribution >= 0.6 is 0 Å². The molecule has 0 atom stereocenters. The largest absolute Gasteiger partial charge is 0.381 e. The summed E-state index contributed by atoms with van der Waals surface area (Å²) in [5.74, 6) is 0.0839. The van der Waals surface area contributed by atoms with Gasteiger partial charge in [0.15, 0.2) is 11.4 Å². The van der Waals surface area contributed by atoms with E-state index in [1.54, 1.807) is 35.3 Å². The Morgan fingerprint density at radius 2 is 1.73 bits per heavy atom. The number of halogens is 1. The van der Waals surface area contributed by atoms with E-state index in [0.29, 0.717) is 86.2 Å². The molecule has 2 saturated heterocycles. The molecular formula is C26H26FN7O3. The normalized spacial score (nSPS) is 16.8. The number of nitrogens with two attached hydrogens (primary N) is 1. The number of benzene rings is 1. The van der Waals surface area contributed by atoms with Crippen LogP contribution in [0.15, 0.2) is 42.9 Å². The van der Waals surface area contributed by atoms with Crippen LogP contribution in [0, 0.1) is 11.7 Å². The third-order valence-electron chi connectivity index (χ3n) is 6.85. The Morgan fingerprint density at radius 3 is 2.49 bits per heavy atom. The molecule has 0 radical (unpaired) electrons. The van der Waals surface area contributed by atoms with Gasteiger partial charge in [0.1, 0.15) is 5.82 Å². The van der Waals surface area contributed by atoms with Crippen LogP contribution in [0.2, 0.25) is 0 Å². The molecule has 5 heterocycles. The zero-order valence-corrected chi connectivity index (χ0v) is 20.1. The summed E-state index contributed by atoms with van der Waals surface area (Å²) in [4.78, 5) is 33.1. The number of hydrogen-bond donors (Lipinski definition) is 1. The first-order chi connectivity index (χ1) is 18.1. The number of anilines is 2. The first-order valence-electron chi connectivity index (χ1n) is 12.3. The summed E-state index contributed by atoms with van der Waals surface area (Å²) in [5, 5.41) is 0.700. The maximum atomic E-state index is 15.2. The van der Waals surface area contributed by atoms with Gasteiger partial charge in [0.2, 0.25) is 11.9 Å². The van der Waals surface area contributed by atoms with E-state index in [1.807, 2.05) is 11.0 Å². The van der Waals surface area contributed by atoms with Crippen molar-refractivity contribution < 1.29 is 18.7 Å². The summed E-state index contributed by atoms with van der Waals surface area (Å²) >= 11 is 0. The molecular weight excluding hydrogens is 477 g/mol. The van der Waals surface area contributed by atoms with Gasteiger partial charge in [0, 0.05) is 67.3 Å². The average molecular weight is 504 g/mol. The van der Waals surface area contributed by atoms with E-state index in [9.17, 15) is 4.79 Å². The zero-order chi connectivity index (χ0) is 25.4. The molecule has 0 saturated carbocycles. The van der Waals surface area contributed by atoms with Gasteiger partial charge in [0.05, 0.1) is 24.6 Å². The van der Waals surface area contributed by atoms with Crippen LogP contribution < -0.4 is 10.6 Å². The number of fused-ring (bicyclic) bond motifs is 1. The number of rotatable bonds is 5. The average Bonchev–Trinajstić information content (AvgIpc) is 3.38. The van der Waals surface area contributed by atoms with Gasteiger partial charge in [-0.1, -0.05) is 0 Å². The molecule has 2 N–H and O–H groups in total. The number of hydrogen-bond acceptors (Lipinski definition) is 9. The molecule has 6 rings (SSSR count). The summed E-state index contributed by atoms with van der Waals surface area (Å²) in [6.07, 6.45) is 6.30. The number of carbonyl (C=O) groups is 1. The topological polar surface area (TPSA) is 121 Å². The van der Waals surface area contributed by atoms with E-state index in [0.717, 1.165) is 0 Å². The highest BCUT2D eigenvalue weighted by Crippen LogP contribution is 2.32. The molecule has 37 heavy (non-hydrogen) atoms. The third-order valence-corrected chi connectivity index (χ3v) is 6.85. The fourth-order valence-electron chi connectivity index (χ4n) is 4.83. The van der Waals surface area contributed by atoms with E-state index < -0.39 is 5.82 Å². The minimum absolute atomic E-state index is 0.00403. The van der Waals surface area contributed by atoms with Crippen LogP contribution in [0.1, 0.15) is 23.2 Å². The number of ether oxygens (including phenoxy) is 2. The summed E-state index contributed by atoms with van der Waals surface area (Å²) in [7, 11) is 0. The molecule has 0 amide bonds. The Labute approximate surface area is 212 Å². The molecule has 11 heteroatoms. The van der Waals surface area contributed by atoms with Gasteiger partial charge in [-0.3, -0.25) is 9.36 Å². The molecule has 0 unspecified atom stereocenters. The smallest absolute Gasteiger partial charge is 0.228 e. The van der Waals surface area contributed by atoms with Gasteiger partial charge >= 0.3 is 0 Å². The maximum Gasteiger partial charge on any atom is 0.228 e. The van der Waals surface area contributed by atoms with Crippen LogP contribution in [0.4, 0.5) is 16.3 Å². The number of nitrogens with zero attached hydrogens (tertiary/aromatic N) is 6. The van der Waals surface area contributed by atoms with Crippen LogP contribution in [0.3, 0.4) is 0 Å². The van der Waals surface area contributed by atoms with E-state index in [4.69, 9.17) is 25.2 Å². The SMILES string of the molecule is Nc1ncc(-c2nc(N3CCOCC3)nc3c2ccn3-c2cc(C(=O)C3CCOCC3)ccc2F)cn1. The van der Waals surface area contributed by atoms with Crippen molar-refractivity contribution in [2.75, 3.05) is 50.2 Å². The Bertz CT molecular complexity index is 1440. The number of Topliss-reactive ketones (excluding diaryl/α,β-unsaturated/α-hetero) is 1. The molecule has 0 spiro atoms. The first-order valence-corrected chi connectivity index (χ1v) is 12.3. The second kappa shape index (κ2) is 9.83. The lowest BCUT2D eigenvalue weighted by Gasteiger charge is -2.27. The van der Waals surface area contributed by atoms with E-state index >= 15 is 4.39 Å². The van der Waals surface area contributed by atoms with E-state index in [-0.39, 0.29) is 23.3 Å². The lowest BCUT2D eigenvalue weighted by molar-refractivity contribution is 0.0545. The van der Waals surface area contributed by atoms with Crippen molar-refractivity contribution in [3.8, 4) is 16.9 Å². The van der Waals surface area contributed by atoms with Crippen molar-refractivity contribution in [1.29, 1.82) is 0 Å². The highest BCUT2D eigenvalue weighted by Gasteiger charge is 2.25. The van der Waals surface area contributed by atoms with Crippen molar-refractivity contribution in [2.24, 2.45) is 5.92 Å². The first kappa shape index (κ1) is 23.4. The second-order valence-corrected chi connectivity index (χ2v) is 9.14. The summed E-state index contributed by atoms with van der Waals surface area (Å²) in [6, 6.07) is 6.33. The highest BCUT2D eigenvalue weighted by molar-refractivity contribution is 5.99. The number of ketones is 1. The molecule has 3 aromatic heterocycles. The quantitative estimate of drug-likeness (QED) is 0.410. The number of nitrogen functional groups attached to an aromatic ring is 1. The van der Waals surface area contributed by atoms with Crippen LogP contribution in [0.25, 0.3) is 28.0 Å². The summed E-state index contributed by atoms with van der Waals surface area (Å²) in [5.41, 5.74) is 8.20. The Hall–Kier alpha value is -3.96. The molecule has 2 aliphatic rings. The minimum Gasteiger partial charge on any atom is -0.381 e. The standard InChI is InChI=1S/C26H26FN7O3/c27-20-2-1-17(23(35)16-4-9-36-10-5-16)13-21(20)34-6-3-19-22(18-14-29-25(28)30-15-18)31-26(32-24(19)34)33-7-11-37-12-8-33/h1-3,6,13-16H,4-5,7-12H2,(H2,28,29,30). The maximum absolute atomic E-state index is 15.2. The zero-order valence-electron chi connectivity index (χ0n) is 20.1. The van der Waals surface area contributed by atoms with Gasteiger partial charge < -0.3 is 20.1 Å². The Balaban J connectivity index is 1.48. The predicted molar refractivity (Wildman–Crippen MR) is 135 cm³/mol. The Kier molecular flexibility index (Phi) is 6.23. The fourth-order valence-corrected chi connectivity index (χ4v) is 4.83. The molecule has 0 aliphatic carbocycles. The molecule has 190 valence electrons. The summed E-state index contributed by atoms with van der Waals surface area (Å²) < 4.78 is 27.8. The molecule has 2 fully saturated rings. The predicted octanol–water partition coefficient (Wildman–Crippen LogP) is 3.04. The van der Waals surface area contributed by atoms with Gasteiger partial charge in [0.25, 0.3) is 0 Å². The summed E-state index contributed by atoms with van der Waals surface area (Å²) in [6.45, 7) is 3.51. The third kappa shape index (κ3) is 4.51. The van der Waals surface area contributed by atoms with Gasteiger partial charge in [-0.2, -0.15) is 4.98 Å². The number of aromatic nitrogens is 5. The lowest BCUT2D eigenvalue weighted by atomic mass is 9.91. The van der Waals surface area contributed by atoms with Crippen molar-refractivity contribution in [2.45, 2.75) is 12.8 Å². The lowest BCUT2D eigenvalue weighted by Crippen LogP contribution is -2.37. The molecule has 10 nitrogen and oxygen atoms in total. The Morgan fingerprint density at radius 1 is 1.00 bits per heavy atom. The van der Waals surface area contributed by atoms with Crippen molar-refractivity contribution in [1.82, 2.24) is 24.5 Å². The van der Waals surface area contributed by atoms with Gasteiger partial charge in [-0.05, 0) is 37.1 Å². The van der Waals surface area contributed by atoms with Crippen LogP contribution in [0.5, 0.6) is 0 Å². The molecule has 2 aliphatic heterocycles. The number of carbonyl (C=O) groups excluding carboxylic acids is 1. The molecule has 0 bridgehead atoms. The van der Waals surface area contributed by atoms with Crippen LogP contribution in [-0.2, 0) is 9.47 Å². The van der Waals surface area contributed by atoms with Crippen molar-refractivity contribution >= 4 is 28.7 Å². The van der Waals surface area contributed by atoms with Crippen molar-refractivity contribution in [3.05, 3.63) is 54.2 Å². The number of morpholine rings is 1. The van der Waals surface area contributed by atoms with E-state index in [1.165, 1.54) is 6.07 Å². The fraction of sp³-hybridized carbons (Fsp3) is 0.346. The van der Waals surface area contributed by atoms with Crippen LogP contribution in [-0.4, -0.2) is 69.8 Å². The van der Waals surface area contributed by atoms with E-state index in [2.05, 4.69) is 9.97 Å². The van der Waals surface area contributed by atoms with Crippen molar-refractivity contribution in [3.63, 3.8) is 0 Å². The monoisotopic (exact) mass is 503 g/mol.